The first-order chi connectivity index (χ1) is 10.2. The monoisotopic (exact) mass is 302 g/mol. The molecule has 1 aromatic carbocycles. The lowest BCUT2D eigenvalue weighted by Crippen LogP contribution is -2.41. The molecule has 1 aliphatic rings. The molecule has 0 aliphatic carbocycles. The topological polar surface area (TPSA) is 53.4 Å². The Kier molecular flexibility index (Phi) is 3.90. The second-order valence-corrected chi connectivity index (χ2v) is 5.41. The number of rotatable bonds is 2. The van der Waals surface area contributed by atoms with E-state index in [0.29, 0.717) is 17.1 Å². The SMILES string of the molecule is O=C(c1ccncc1Cl)N1CCc2ccccc2[C@H]1CO. The molecule has 2 heterocycles. The minimum Gasteiger partial charge on any atom is -0.394 e. The molecule has 0 radical (unpaired) electrons. The summed E-state index contributed by atoms with van der Waals surface area (Å²) in [6.45, 7) is 0.463. The molecule has 0 unspecified atom stereocenters. The molecule has 1 N–H and O–H groups in total. The molecule has 1 aliphatic heterocycles. The molecule has 0 bridgehead atoms. The number of aromatic nitrogens is 1. The van der Waals surface area contributed by atoms with Gasteiger partial charge in [0.25, 0.3) is 5.91 Å². The van der Waals surface area contributed by atoms with Gasteiger partial charge in [0.15, 0.2) is 0 Å². The Morgan fingerprint density at radius 1 is 1.38 bits per heavy atom. The van der Waals surface area contributed by atoms with E-state index in [9.17, 15) is 9.90 Å². The van der Waals surface area contributed by atoms with Gasteiger partial charge in [-0.25, -0.2) is 0 Å². The number of fused-ring (bicyclic) bond motifs is 1. The Morgan fingerprint density at radius 2 is 2.19 bits per heavy atom. The van der Waals surface area contributed by atoms with Gasteiger partial charge in [-0.2, -0.15) is 0 Å². The predicted molar refractivity (Wildman–Crippen MR) is 80.3 cm³/mol. The van der Waals surface area contributed by atoms with Crippen molar-refractivity contribution in [3.8, 4) is 0 Å². The molecule has 108 valence electrons. The van der Waals surface area contributed by atoms with E-state index in [1.54, 1.807) is 17.2 Å². The van der Waals surface area contributed by atoms with E-state index in [2.05, 4.69) is 4.98 Å². The van der Waals surface area contributed by atoms with Crippen LogP contribution in [0.5, 0.6) is 0 Å². The van der Waals surface area contributed by atoms with Gasteiger partial charge in [-0.3, -0.25) is 9.78 Å². The summed E-state index contributed by atoms with van der Waals surface area (Å²) in [5, 5.41) is 10.1. The molecular weight excluding hydrogens is 288 g/mol. The maximum atomic E-state index is 12.7. The number of carbonyl (C=O) groups is 1. The van der Waals surface area contributed by atoms with Gasteiger partial charge in [-0.1, -0.05) is 35.9 Å². The highest BCUT2D eigenvalue weighted by Crippen LogP contribution is 2.31. The Balaban J connectivity index is 1.96. The zero-order valence-electron chi connectivity index (χ0n) is 11.4. The molecule has 1 aromatic heterocycles. The molecule has 0 fully saturated rings. The van der Waals surface area contributed by atoms with Crippen molar-refractivity contribution in [1.29, 1.82) is 0 Å². The third kappa shape index (κ3) is 2.52. The largest absolute Gasteiger partial charge is 0.394 e. The van der Waals surface area contributed by atoms with Gasteiger partial charge < -0.3 is 10.0 Å². The van der Waals surface area contributed by atoms with Crippen LogP contribution in [0, 0.1) is 0 Å². The molecular formula is C16H15ClN2O2. The van der Waals surface area contributed by atoms with Gasteiger partial charge in [-0.05, 0) is 23.6 Å². The number of amides is 1. The third-order valence-electron chi connectivity index (χ3n) is 3.85. The molecule has 2 aromatic rings. The first-order valence-electron chi connectivity index (χ1n) is 6.81. The van der Waals surface area contributed by atoms with Crippen LogP contribution in [-0.4, -0.2) is 34.0 Å². The fraction of sp³-hybridized carbons (Fsp3) is 0.250. The number of hydrogen-bond acceptors (Lipinski definition) is 3. The fourth-order valence-corrected chi connectivity index (χ4v) is 3.00. The molecule has 1 atom stereocenters. The highest BCUT2D eigenvalue weighted by Gasteiger charge is 2.31. The highest BCUT2D eigenvalue weighted by atomic mass is 35.5. The van der Waals surface area contributed by atoms with Crippen LogP contribution in [0.15, 0.2) is 42.7 Å². The van der Waals surface area contributed by atoms with Crippen LogP contribution in [0.4, 0.5) is 0 Å². The molecule has 0 saturated heterocycles. The number of pyridine rings is 1. The summed E-state index contributed by atoms with van der Waals surface area (Å²) in [7, 11) is 0. The van der Waals surface area contributed by atoms with E-state index >= 15 is 0 Å². The maximum Gasteiger partial charge on any atom is 0.256 e. The van der Waals surface area contributed by atoms with Crippen LogP contribution in [0.2, 0.25) is 5.02 Å². The molecule has 3 rings (SSSR count). The van der Waals surface area contributed by atoms with E-state index in [4.69, 9.17) is 11.6 Å². The number of halogens is 1. The van der Waals surface area contributed by atoms with Crippen LogP contribution >= 0.6 is 11.6 Å². The minimum absolute atomic E-state index is 0.106. The number of nitrogens with zero attached hydrogens (tertiary/aromatic N) is 2. The summed E-state index contributed by atoms with van der Waals surface area (Å²) >= 11 is 6.06. The van der Waals surface area contributed by atoms with Gasteiger partial charge in [0.1, 0.15) is 0 Å². The Morgan fingerprint density at radius 3 is 2.95 bits per heavy atom. The molecule has 0 spiro atoms. The number of carbonyl (C=O) groups excluding carboxylic acids is 1. The molecule has 4 nitrogen and oxygen atoms in total. The summed E-state index contributed by atoms with van der Waals surface area (Å²) in [6.07, 6.45) is 3.78. The second-order valence-electron chi connectivity index (χ2n) is 5.00. The van der Waals surface area contributed by atoms with E-state index in [1.807, 2.05) is 24.3 Å². The van der Waals surface area contributed by atoms with Crippen LogP contribution in [-0.2, 0) is 6.42 Å². The first-order valence-corrected chi connectivity index (χ1v) is 7.19. The van der Waals surface area contributed by atoms with Crippen molar-refractivity contribution in [1.82, 2.24) is 9.88 Å². The Labute approximate surface area is 128 Å². The van der Waals surface area contributed by atoms with Crippen molar-refractivity contribution in [2.75, 3.05) is 13.2 Å². The summed E-state index contributed by atoms with van der Waals surface area (Å²) in [5.41, 5.74) is 2.61. The van der Waals surface area contributed by atoms with Gasteiger partial charge in [-0.15, -0.1) is 0 Å². The van der Waals surface area contributed by atoms with Gasteiger partial charge in [0.05, 0.1) is 23.2 Å². The van der Waals surface area contributed by atoms with E-state index in [0.717, 1.165) is 12.0 Å². The fourth-order valence-electron chi connectivity index (χ4n) is 2.79. The van der Waals surface area contributed by atoms with E-state index in [1.165, 1.54) is 11.8 Å². The highest BCUT2D eigenvalue weighted by molar-refractivity contribution is 6.33. The zero-order valence-corrected chi connectivity index (χ0v) is 12.1. The standard InChI is InChI=1S/C16H15ClN2O2/c17-14-9-18-7-5-13(14)16(21)19-8-6-11-3-1-2-4-12(11)15(19)10-20/h1-5,7,9,15,20H,6,8,10H2/t15-/m1/s1. The van der Waals surface area contributed by atoms with E-state index in [-0.39, 0.29) is 18.6 Å². The first kappa shape index (κ1) is 14.0. The van der Waals surface area contributed by atoms with Crippen molar-refractivity contribution < 1.29 is 9.90 Å². The van der Waals surface area contributed by atoms with E-state index < -0.39 is 0 Å². The predicted octanol–water partition coefficient (Wildman–Crippen LogP) is 2.47. The van der Waals surface area contributed by atoms with Crippen LogP contribution in [0.3, 0.4) is 0 Å². The van der Waals surface area contributed by atoms with Crippen LogP contribution < -0.4 is 0 Å². The lowest BCUT2D eigenvalue weighted by molar-refractivity contribution is 0.0568. The smallest absolute Gasteiger partial charge is 0.256 e. The average Bonchev–Trinajstić information content (AvgIpc) is 2.53. The number of benzene rings is 1. The summed E-state index contributed by atoms with van der Waals surface area (Å²) < 4.78 is 0. The quantitative estimate of drug-likeness (QED) is 0.927. The van der Waals surface area contributed by atoms with Crippen LogP contribution in [0.25, 0.3) is 0 Å². The van der Waals surface area contributed by atoms with Crippen molar-refractivity contribution in [2.24, 2.45) is 0 Å². The number of aliphatic hydroxyl groups is 1. The maximum absolute atomic E-state index is 12.7. The molecule has 21 heavy (non-hydrogen) atoms. The third-order valence-corrected chi connectivity index (χ3v) is 4.15. The molecule has 5 heteroatoms. The normalized spacial score (nSPS) is 17.4. The lowest BCUT2D eigenvalue weighted by atomic mass is 9.92. The average molecular weight is 303 g/mol. The van der Waals surface area contributed by atoms with Gasteiger partial charge in [0.2, 0.25) is 0 Å². The number of aliphatic hydroxyl groups excluding tert-OH is 1. The van der Waals surface area contributed by atoms with Gasteiger partial charge in [0, 0.05) is 18.9 Å². The van der Waals surface area contributed by atoms with Gasteiger partial charge >= 0.3 is 0 Å². The molecule has 0 saturated carbocycles. The minimum atomic E-state index is -0.327. The Bertz CT molecular complexity index is 675. The van der Waals surface area contributed by atoms with Crippen molar-refractivity contribution in [2.45, 2.75) is 12.5 Å². The summed E-state index contributed by atoms with van der Waals surface area (Å²) in [4.78, 5) is 18.3. The molecule has 1 amide bonds. The Hall–Kier alpha value is -1.91. The van der Waals surface area contributed by atoms with Crippen LogP contribution in [0.1, 0.15) is 27.5 Å². The van der Waals surface area contributed by atoms with Crippen molar-refractivity contribution in [3.05, 3.63) is 64.4 Å². The second kappa shape index (κ2) is 5.84. The lowest BCUT2D eigenvalue weighted by Gasteiger charge is -2.36. The summed E-state index contributed by atoms with van der Waals surface area (Å²) in [5.74, 6) is -0.170. The van der Waals surface area contributed by atoms with Crippen molar-refractivity contribution >= 4 is 17.5 Å². The number of hydrogen-bond donors (Lipinski definition) is 1. The summed E-state index contributed by atoms with van der Waals surface area (Å²) in [6, 6.07) is 9.19. The van der Waals surface area contributed by atoms with Crippen molar-refractivity contribution in [3.63, 3.8) is 0 Å². The zero-order chi connectivity index (χ0) is 14.8.